The monoisotopic (exact) mass is 227 g/mol. The summed E-state index contributed by atoms with van der Waals surface area (Å²) in [5.74, 6) is 3.81. The molecule has 2 fully saturated rings. The van der Waals surface area contributed by atoms with Crippen LogP contribution in [0.3, 0.4) is 0 Å². The molecule has 0 aliphatic heterocycles. The quantitative estimate of drug-likeness (QED) is 0.837. The Balaban J connectivity index is 1.63. The maximum absolute atomic E-state index is 3.61. The molecule has 4 atom stereocenters. The van der Waals surface area contributed by atoms with Gasteiger partial charge >= 0.3 is 0 Å². The molecule has 1 nitrogen and oxygen atoms in total. The van der Waals surface area contributed by atoms with Crippen LogP contribution in [0.2, 0.25) is 0 Å². The zero-order valence-corrected chi connectivity index (χ0v) is 10.5. The number of benzene rings is 1. The van der Waals surface area contributed by atoms with E-state index in [1.165, 1.54) is 25.7 Å². The lowest BCUT2D eigenvalue weighted by Gasteiger charge is -2.15. The molecule has 1 heteroatoms. The van der Waals surface area contributed by atoms with Crippen LogP contribution in [-0.4, -0.2) is 13.1 Å². The molecule has 4 rings (SSSR count). The van der Waals surface area contributed by atoms with Crippen molar-refractivity contribution in [2.24, 2.45) is 17.8 Å². The van der Waals surface area contributed by atoms with Crippen molar-refractivity contribution < 1.29 is 0 Å². The van der Waals surface area contributed by atoms with Crippen molar-refractivity contribution in [1.29, 1.82) is 0 Å². The average molecular weight is 227 g/mol. The summed E-state index contributed by atoms with van der Waals surface area (Å²) in [7, 11) is 2.17. The van der Waals surface area contributed by atoms with E-state index in [1.807, 2.05) is 0 Å². The van der Waals surface area contributed by atoms with Crippen molar-refractivity contribution in [3.05, 3.63) is 35.4 Å². The highest BCUT2D eigenvalue weighted by Crippen LogP contribution is 2.63. The van der Waals surface area contributed by atoms with E-state index in [-0.39, 0.29) is 0 Å². The Labute approximate surface area is 104 Å². The number of hydrogen-bond donors (Lipinski definition) is 1. The first kappa shape index (κ1) is 10.1. The molecule has 1 aromatic carbocycles. The van der Waals surface area contributed by atoms with Crippen LogP contribution in [0.15, 0.2) is 24.3 Å². The molecule has 3 aliphatic rings. The SMILES string of the molecule is CNC(C1CC1)C1C2CCc3ccccc3C21. The molecule has 3 aliphatic carbocycles. The lowest BCUT2D eigenvalue weighted by Crippen LogP contribution is -2.30. The van der Waals surface area contributed by atoms with Crippen molar-refractivity contribution in [3.8, 4) is 0 Å². The minimum atomic E-state index is 0.802. The summed E-state index contributed by atoms with van der Waals surface area (Å²) in [6.45, 7) is 0. The van der Waals surface area contributed by atoms with Gasteiger partial charge in [-0.05, 0) is 67.5 Å². The Bertz CT molecular complexity index is 435. The molecule has 2 saturated carbocycles. The Hall–Kier alpha value is -0.820. The molecule has 0 spiro atoms. The minimum Gasteiger partial charge on any atom is -0.316 e. The molecule has 4 unspecified atom stereocenters. The van der Waals surface area contributed by atoms with Crippen molar-refractivity contribution in [2.45, 2.75) is 37.6 Å². The Morgan fingerprint density at radius 1 is 1.18 bits per heavy atom. The fraction of sp³-hybridized carbons (Fsp3) is 0.625. The van der Waals surface area contributed by atoms with Crippen molar-refractivity contribution in [3.63, 3.8) is 0 Å². The smallest absolute Gasteiger partial charge is 0.0129 e. The second kappa shape index (κ2) is 3.58. The molecule has 1 aromatic rings. The number of aryl methyl sites for hydroxylation is 1. The fourth-order valence-electron chi connectivity index (χ4n) is 4.31. The van der Waals surface area contributed by atoms with Gasteiger partial charge < -0.3 is 5.32 Å². The maximum atomic E-state index is 3.61. The third-order valence-corrected chi connectivity index (χ3v) is 5.27. The number of hydrogen-bond acceptors (Lipinski definition) is 1. The Morgan fingerprint density at radius 3 is 2.76 bits per heavy atom. The highest BCUT2D eigenvalue weighted by Gasteiger charge is 2.58. The zero-order valence-electron chi connectivity index (χ0n) is 10.5. The van der Waals surface area contributed by atoms with E-state index < -0.39 is 0 Å². The largest absolute Gasteiger partial charge is 0.316 e. The summed E-state index contributed by atoms with van der Waals surface area (Å²) in [5.41, 5.74) is 3.30. The normalized spacial score (nSPS) is 35.9. The standard InChI is InChI=1S/C16H21N/c1-17-16(11-6-7-11)15-13-9-8-10-4-2-3-5-12(10)14(13)15/h2-5,11,13-17H,6-9H2,1H3. The van der Waals surface area contributed by atoms with Gasteiger partial charge in [-0.2, -0.15) is 0 Å². The van der Waals surface area contributed by atoms with Crippen LogP contribution in [-0.2, 0) is 6.42 Å². The van der Waals surface area contributed by atoms with Gasteiger partial charge in [-0.1, -0.05) is 24.3 Å². The van der Waals surface area contributed by atoms with Crippen molar-refractivity contribution in [2.75, 3.05) is 7.05 Å². The van der Waals surface area contributed by atoms with Gasteiger partial charge in [0.1, 0.15) is 0 Å². The lowest BCUT2D eigenvalue weighted by molar-refractivity contribution is 0.421. The summed E-state index contributed by atoms with van der Waals surface area (Å²) in [6.07, 6.45) is 5.67. The second-order valence-electron chi connectivity index (χ2n) is 6.16. The minimum absolute atomic E-state index is 0.802. The van der Waals surface area contributed by atoms with E-state index in [4.69, 9.17) is 0 Å². The van der Waals surface area contributed by atoms with Gasteiger partial charge in [-0.25, -0.2) is 0 Å². The van der Waals surface area contributed by atoms with E-state index in [9.17, 15) is 0 Å². The van der Waals surface area contributed by atoms with Crippen LogP contribution in [0.1, 0.15) is 36.3 Å². The van der Waals surface area contributed by atoms with Gasteiger partial charge in [0.25, 0.3) is 0 Å². The molecule has 1 N–H and O–H groups in total. The molecule has 17 heavy (non-hydrogen) atoms. The molecule has 0 bridgehead atoms. The van der Waals surface area contributed by atoms with E-state index in [2.05, 4.69) is 36.6 Å². The number of fused-ring (bicyclic) bond motifs is 3. The number of nitrogens with one attached hydrogen (secondary N) is 1. The first-order valence-electron chi connectivity index (χ1n) is 7.15. The van der Waals surface area contributed by atoms with Gasteiger partial charge in [-0.15, -0.1) is 0 Å². The van der Waals surface area contributed by atoms with Crippen LogP contribution < -0.4 is 5.32 Å². The molecule has 0 aromatic heterocycles. The van der Waals surface area contributed by atoms with Gasteiger partial charge in [0.15, 0.2) is 0 Å². The van der Waals surface area contributed by atoms with Crippen LogP contribution in [0, 0.1) is 17.8 Å². The van der Waals surface area contributed by atoms with E-state index >= 15 is 0 Å². The summed E-state index contributed by atoms with van der Waals surface area (Å²) in [5, 5.41) is 3.61. The third kappa shape index (κ3) is 1.48. The van der Waals surface area contributed by atoms with Gasteiger partial charge in [0.2, 0.25) is 0 Å². The Kier molecular flexibility index (Phi) is 2.14. The summed E-state index contributed by atoms with van der Waals surface area (Å²) >= 11 is 0. The highest BCUT2D eigenvalue weighted by atomic mass is 14.9. The van der Waals surface area contributed by atoms with Crippen molar-refractivity contribution in [1.82, 2.24) is 5.32 Å². The molecular formula is C16H21N. The molecule has 0 amide bonds. The topological polar surface area (TPSA) is 12.0 Å². The van der Waals surface area contributed by atoms with E-state index in [0.717, 1.165) is 29.7 Å². The fourth-order valence-corrected chi connectivity index (χ4v) is 4.31. The van der Waals surface area contributed by atoms with Gasteiger partial charge in [0, 0.05) is 6.04 Å². The molecule has 0 saturated heterocycles. The number of rotatable bonds is 3. The van der Waals surface area contributed by atoms with Crippen LogP contribution in [0.4, 0.5) is 0 Å². The summed E-state index contributed by atoms with van der Waals surface area (Å²) in [6, 6.07) is 9.95. The predicted molar refractivity (Wildman–Crippen MR) is 70.1 cm³/mol. The maximum Gasteiger partial charge on any atom is 0.0129 e. The summed E-state index contributed by atoms with van der Waals surface area (Å²) < 4.78 is 0. The van der Waals surface area contributed by atoms with Crippen LogP contribution in [0.5, 0.6) is 0 Å². The second-order valence-corrected chi connectivity index (χ2v) is 6.16. The molecule has 0 radical (unpaired) electrons. The predicted octanol–water partition coefficient (Wildman–Crippen LogP) is 2.96. The Morgan fingerprint density at radius 2 is 2.00 bits per heavy atom. The lowest BCUT2D eigenvalue weighted by atomic mass is 9.92. The third-order valence-electron chi connectivity index (χ3n) is 5.27. The first-order chi connectivity index (χ1) is 8.40. The summed E-state index contributed by atoms with van der Waals surface area (Å²) in [4.78, 5) is 0. The first-order valence-corrected chi connectivity index (χ1v) is 7.15. The highest BCUT2D eigenvalue weighted by molar-refractivity contribution is 5.40. The molecule has 0 heterocycles. The zero-order chi connectivity index (χ0) is 11.4. The van der Waals surface area contributed by atoms with Crippen LogP contribution in [0.25, 0.3) is 0 Å². The van der Waals surface area contributed by atoms with E-state index in [1.54, 1.807) is 11.1 Å². The van der Waals surface area contributed by atoms with Gasteiger partial charge in [-0.3, -0.25) is 0 Å². The van der Waals surface area contributed by atoms with Gasteiger partial charge in [0.05, 0.1) is 0 Å². The molecule has 90 valence electrons. The van der Waals surface area contributed by atoms with E-state index in [0.29, 0.717) is 0 Å². The molecular weight excluding hydrogens is 206 g/mol. The van der Waals surface area contributed by atoms with Crippen LogP contribution >= 0.6 is 0 Å². The average Bonchev–Trinajstić information content (AvgIpc) is 3.25. The van der Waals surface area contributed by atoms with Crippen molar-refractivity contribution >= 4 is 0 Å².